The van der Waals surface area contributed by atoms with Crippen LogP contribution in [-0.4, -0.2) is 48.9 Å². The van der Waals surface area contributed by atoms with Gasteiger partial charge in [0.25, 0.3) is 0 Å². The van der Waals surface area contributed by atoms with Crippen molar-refractivity contribution < 1.29 is 9.53 Å². The van der Waals surface area contributed by atoms with Crippen LogP contribution in [0.4, 0.5) is 0 Å². The average Bonchev–Trinajstić information content (AvgIpc) is 2.67. The summed E-state index contributed by atoms with van der Waals surface area (Å²) >= 11 is 0. The SMILES string of the molecule is CN1CCN(C(=O)/C=C/c2ccc(OCc3ccccc3)cc2)CC1. The normalized spacial score (nSPS) is 15.5. The molecule has 2 aromatic rings. The summed E-state index contributed by atoms with van der Waals surface area (Å²) in [6.07, 6.45) is 3.52. The lowest BCUT2D eigenvalue weighted by molar-refractivity contribution is -0.127. The highest BCUT2D eigenvalue weighted by Gasteiger charge is 2.16. The smallest absolute Gasteiger partial charge is 0.246 e. The van der Waals surface area contributed by atoms with Gasteiger partial charge < -0.3 is 14.5 Å². The number of nitrogens with zero attached hydrogens (tertiary/aromatic N) is 2. The van der Waals surface area contributed by atoms with Crippen LogP contribution in [0.3, 0.4) is 0 Å². The molecule has 25 heavy (non-hydrogen) atoms. The van der Waals surface area contributed by atoms with Gasteiger partial charge in [0, 0.05) is 32.3 Å². The van der Waals surface area contributed by atoms with Crippen molar-refractivity contribution in [1.82, 2.24) is 9.80 Å². The zero-order chi connectivity index (χ0) is 17.5. The lowest BCUT2D eigenvalue weighted by Crippen LogP contribution is -2.46. The first-order valence-electron chi connectivity index (χ1n) is 8.63. The summed E-state index contributed by atoms with van der Waals surface area (Å²) in [5, 5.41) is 0. The lowest BCUT2D eigenvalue weighted by atomic mass is 10.2. The van der Waals surface area contributed by atoms with Crippen LogP contribution in [0.2, 0.25) is 0 Å². The van der Waals surface area contributed by atoms with E-state index in [9.17, 15) is 4.79 Å². The van der Waals surface area contributed by atoms with Crippen molar-refractivity contribution in [2.75, 3.05) is 33.2 Å². The molecule has 0 saturated carbocycles. The second kappa shape index (κ2) is 8.49. The summed E-state index contributed by atoms with van der Waals surface area (Å²) in [6, 6.07) is 17.9. The Hall–Kier alpha value is -2.59. The number of piperazine rings is 1. The molecule has 1 saturated heterocycles. The van der Waals surface area contributed by atoms with Crippen LogP contribution in [0.1, 0.15) is 11.1 Å². The predicted octanol–water partition coefficient (Wildman–Crippen LogP) is 3.05. The van der Waals surface area contributed by atoms with Gasteiger partial charge in [0.2, 0.25) is 5.91 Å². The third-order valence-electron chi connectivity index (χ3n) is 4.36. The van der Waals surface area contributed by atoms with E-state index in [4.69, 9.17) is 4.74 Å². The molecule has 0 radical (unpaired) electrons. The van der Waals surface area contributed by atoms with Crippen molar-refractivity contribution in [3.8, 4) is 5.75 Å². The molecule has 1 amide bonds. The third-order valence-corrected chi connectivity index (χ3v) is 4.36. The largest absolute Gasteiger partial charge is 0.489 e. The van der Waals surface area contributed by atoms with Crippen LogP contribution >= 0.6 is 0 Å². The van der Waals surface area contributed by atoms with Crippen LogP contribution in [0.25, 0.3) is 6.08 Å². The van der Waals surface area contributed by atoms with Crippen molar-refractivity contribution in [2.24, 2.45) is 0 Å². The van der Waals surface area contributed by atoms with Gasteiger partial charge >= 0.3 is 0 Å². The van der Waals surface area contributed by atoms with Crippen LogP contribution in [0.15, 0.2) is 60.7 Å². The summed E-state index contributed by atoms with van der Waals surface area (Å²) in [6.45, 7) is 4.02. The fourth-order valence-corrected chi connectivity index (χ4v) is 2.72. The van der Waals surface area contributed by atoms with Gasteiger partial charge in [-0.25, -0.2) is 0 Å². The number of hydrogen-bond donors (Lipinski definition) is 0. The molecule has 0 aliphatic carbocycles. The van der Waals surface area contributed by atoms with Crippen LogP contribution in [0.5, 0.6) is 5.75 Å². The van der Waals surface area contributed by atoms with Gasteiger partial charge in [-0.1, -0.05) is 42.5 Å². The number of likely N-dealkylation sites (N-methyl/N-ethyl adjacent to an activating group) is 1. The van der Waals surface area contributed by atoms with E-state index in [1.165, 1.54) is 0 Å². The molecule has 4 heteroatoms. The Kier molecular flexibility index (Phi) is 5.86. The number of benzene rings is 2. The summed E-state index contributed by atoms with van der Waals surface area (Å²) in [7, 11) is 2.08. The minimum absolute atomic E-state index is 0.0810. The Bertz CT molecular complexity index is 702. The number of ether oxygens (including phenoxy) is 1. The van der Waals surface area contributed by atoms with Crippen LogP contribution in [-0.2, 0) is 11.4 Å². The number of amides is 1. The molecule has 0 N–H and O–H groups in total. The van der Waals surface area contributed by atoms with Gasteiger partial charge in [-0.3, -0.25) is 4.79 Å². The molecule has 3 rings (SSSR count). The van der Waals surface area contributed by atoms with Gasteiger partial charge in [-0.05, 0) is 36.4 Å². The minimum Gasteiger partial charge on any atom is -0.489 e. The molecule has 2 aromatic carbocycles. The fourth-order valence-electron chi connectivity index (χ4n) is 2.72. The number of carbonyl (C=O) groups is 1. The lowest BCUT2D eigenvalue weighted by Gasteiger charge is -2.31. The Morgan fingerprint density at radius 2 is 1.68 bits per heavy atom. The summed E-state index contributed by atoms with van der Waals surface area (Å²) in [5.41, 5.74) is 2.14. The topological polar surface area (TPSA) is 32.8 Å². The molecule has 1 aliphatic rings. The number of rotatable bonds is 5. The highest BCUT2D eigenvalue weighted by atomic mass is 16.5. The van der Waals surface area contributed by atoms with Crippen molar-refractivity contribution >= 4 is 12.0 Å². The van der Waals surface area contributed by atoms with E-state index < -0.39 is 0 Å². The highest BCUT2D eigenvalue weighted by molar-refractivity contribution is 5.91. The standard InChI is InChI=1S/C21H24N2O2/c1-22-13-15-23(16-14-22)21(24)12-9-18-7-10-20(11-8-18)25-17-19-5-3-2-4-6-19/h2-12H,13-17H2,1H3/b12-9+. The summed E-state index contributed by atoms with van der Waals surface area (Å²) in [5.74, 6) is 0.906. The van der Waals surface area contributed by atoms with Gasteiger partial charge in [-0.15, -0.1) is 0 Å². The van der Waals surface area contributed by atoms with Crippen LogP contribution in [0, 0.1) is 0 Å². The van der Waals surface area contributed by atoms with E-state index in [1.54, 1.807) is 6.08 Å². The van der Waals surface area contributed by atoms with E-state index >= 15 is 0 Å². The fraction of sp³-hybridized carbons (Fsp3) is 0.286. The second-order valence-electron chi connectivity index (χ2n) is 6.31. The van der Waals surface area contributed by atoms with Crippen molar-refractivity contribution in [3.63, 3.8) is 0 Å². The van der Waals surface area contributed by atoms with E-state index in [-0.39, 0.29) is 5.91 Å². The Labute approximate surface area is 149 Å². The quantitative estimate of drug-likeness (QED) is 0.787. The maximum atomic E-state index is 12.2. The predicted molar refractivity (Wildman–Crippen MR) is 100 cm³/mol. The Balaban J connectivity index is 1.51. The molecule has 0 atom stereocenters. The molecule has 130 valence electrons. The average molecular weight is 336 g/mol. The maximum absolute atomic E-state index is 12.2. The van der Waals surface area contributed by atoms with Gasteiger partial charge in [0.1, 0.15) is 12.4 Å². The molecular formula is C21H24N2O2. The molecule has 1 heterocycles. The van der Waals surface area contributed by atoms with E-state index in [0.29, 0.717) is 6.61 Å². The molecule has 0 unspecified atom stereocenters. The van der Waals surface area contributed by atoms with Crippen molar-refractivity contribution in [3.05, 3.63) is 71.8 Å². The van der Waals surface area contributed by atoms with Gasteiger partial charge in [0.05, 0.1) is 0 Å². The Morgan fingerprint density at radius 1 is 1.00 bits per heavy atom. The molecule has 0 bridgehead atoms. The van der Waals surface area contributed by atoms with Crippen molar-refractivity contribution in [1.29, 1.82) is 0 Å². The minimum atomic E-state index is 0.0810. The van der Waals surface area contributed by atoms with Gasteiger partial charge in [-0.2, -0.15) is 0 Å². The third kappa shape index (κ3) is 5.19. The first kappa shape index (κ1) is 17.2. The molecule has 0 spiro atoms. The van der Waals surface area contributed by atoms with E-state index in [1.807, 2.05) is 65.6 Å². The van der Waals surface area contributed by atoms with Crippen molar-refractivity contribution in [2.45, 2.75) is 6.61 Å². The summed E-state index contributed by atoms with van der Waals surface area (Å²) in [4.78, 5) is 16.3. The summed E-state index contributed by atoms with van der Waals surface area (Å²) < 4.78 is 5.77. The monoisotopic (exact) mass is 336 g/mol. The molecule has 1 fully saturated rings. The molecule has 0 aromatic heterocycles. The zero-order valence-electron chi connectivity index (χ0n) is 14.6. The van der Waals surface area contributed by atoms with E-state index in [0.717, 1.165) is 43.1 Å². The first-order valence-corrected chi connectivity index (χ1v) is 8.63. The first-order chi connectivity index (χ1) is 12.2. The second-order valence-corrected chi connectivity index (χ2v) is 6.31. The van der Waals surface area contributed by atoms with Gasteiger partial charge in [0.15, 0.2) is 0 Å². The number of carbonyl (C=O) groups excluding carboxylic acids is 1. The maximum Gasteiger partial charge on any atom is 0.246 e. The number of hydrogen-bond acceptors (Lipinski definition) is 3. The molecule has 1 aliphatic heterocycles. The highest BCUT2D eigenvalue weighted by Crippen LogP contribution is 2.15. The van der Waals surface area contributed by atoms with Crippen LogP contribution < -0.4 is 4.74 Å². The van der Waals surface area contributed by atoms with E-state index in [2.05, 4.69) is 11.9 Å². The Morgan fingerprint density at radius 3 is 2.36 bits per heavy atom. The molecular weight excluding hydrogens is 312 g/mol. The molecule has 4 nitrogen and oxygen atoms in total. The zero-order valence-corrected chi connectivity index (χ0v) is 14.6.